The molecule has 0 saturated heterocycles. The Balaban J connectivity index is 1.33. The molecule has 200 valence electrons. The van der Waals surface area contributed by atoms with Gasteiger partial charge in [0.15, 0.2) is 6.61 Å². The van der Waals surface area contributed by atoms with Gasteiger partial charge in [-0.05, 0) is 71.9 Å². The zero-order valence-electron chi connectivity index (χ0n) is 21.5. The fourth-order valence-corrected chi connectivity index (χ4v) is 4.41. The van der Waals surface area contributed by atoms with E-state index >= 15 is 4.39 Å². The number of hydrogen-bond acceptors (Lipinski definition) is 3. The van der Waals surface area contributed by atoms with E-state index in [4.69, 9.17) is 4.74 Å². The van der Waals surface area contributed by atoms with Crippen LogP contribution in [0, 0.1) is 5.82 Å². The summed E-state index contributed by atoms with van der Waals surface area (Å²) in [5, 5.41) is 1.43. The molecule has 38 heavy (non-hydrogen) atoms. The molecular formula is C31H32F4N2O. The topological polar surface area (TPSA) is 35.0 Å². The van der Waals surface area contributed by atoms with Crippen LogP contribution in [-0.2, 0) is 32.1 Å². The number of unbranched alkanes of at least 4 members (excludes halogenated alkanes) is 2. The van der Waals surface area contributed by atoms with E-state index in [-0.39, 0.29) is 11.6 Å². The van der Waals surface area contributed by atoms with Gasteiger partial charge in [-0.2, -0.15) is 13.2 Å². The highest BCUT2D eigenvalue weighted by atomic mass is 19.4. The summed E-state index contributed by atoms with van der Waals surface area (Å²) in [5.41, 5.74) is 3.78. The summed E-state index contributed by atoms with van der Waals surface area (Å²) in [4.78, 5) is 9.01. The summed E-state index contributed by atoms with van der Waals surface area (Å²) in [7, 11) is 0. The number of halogens is 4. The Morgan fingerprint density at radius 2 is 1.45 bits per heavy atom. The van der Waals surface area contributed by atoms with Crippen LogP contribution in [-0.4, -0.2) is 22.8 Å². The van der Waals surface area contributed by atoms with E-state index in [9.17, 15) is 13.2 Å². The number of ether oxygens (including phenoxy) is 1. The van der Waals surface area contributed by atoms with Gasteiger partial charge in [0.2, 0.25) is 0 Å². The molecule has 0 saturated carbocycles. The van der Waals surface area contributed by atoms with Crippen molar-refractivity contribution in [2.45, 2.75) is 64.5 Å². The first-order chi connectivity index (χ1) is 18.3. The summed E-state index contributed by atoms with van der Waals surface area (Å²) < 4.78 is 56.9. The first-order valence-electron chi connectivity index (χ1n) is 13.1. The fraction of sp³-hybridized carbons (Fsp3) is 0.355. The van der Waals surface area contributed by atoms with Crippen molar-refractivity contribution in [3.63, 3.8) is 0 Å². The lowest BCUT2D eigenvalue weighted by Crippen LogP contribution is -2.19. The monoisotopic (exact) mass is 524 g/mol. The van der Waals surface area contributed by atoms with Crippen molar-refractivity contribution >= 4 is 10.8 Å². The fourth-order valence-electron chi connectivity index (χ4n) is 4.41. The van der Waals surface area contributed by atoms with Gasteiger partial charge < -0.3 is 4.74 Å². The van der Waals surface area contributed by atoms with Crippen LogP contribution in [0.4, 0.5) is 17.6 Å². The molecule has 1 aromatic heterocycles. The number of alkyl halides is 3. The largest absolute Gasteiger partial charge is 0.484 e. The third-order valence-corrected chi connectivity index (χ3v) is 6.57. The minimum Gasteiger partial charge on any atom is -0.484 e. The van der Waals surface area contributed by atoms with E-state index in [0.717, 1.165) is 48.0 Å². The maximum absolute atomic E-state index is 15.2. The molecule has 3 aromatic carbocycles. The van der Waals surface area contributed by atoms with Crippen molar-refractivity contribution < 1.29 is 22.3 Å². The smallest absolute Gasteiger partial charge is 0.422 e. The van der Waals surface area contributed by atoms with Crippen LogP contribution in [0.1, 0.15) is 54.3 Å². The van der Waals surface area contributed by atoms with Crippen molar-refractivity contribution in [1.29, 1.82) is 0 Å². The number of rotatable bonds is 12. The van der Waals surface area contributed by atoms with Crippen LogP contribution in [0.5, 0.6) is 5.75 Å². The Kier molecular flexibility index (Phi) is 9.32. The maximum atomic E-state index is 15.2. The third kappa shape index (κ3) is 8.01. The normalized spacial score (nSPS) is 11.7. The van der Waals surface area contributed by atoms with Gasteiger partial charge in [-0.3, -0.25) is 0 Å². The highest BCUT2D eigenvalue weighted by Gasteiger charge is 2.28. The minimum absolute atomic E-state index is 0.157. The van der Waals surface area contributed by atoms with Crippen LogP contribution in [0.3, 0.4) is 0 Å². The molecule has 0 amide bonds. The zero-order chi connectivity index (χ0) is 27.0. The maximum Gasteiger partial charge on any atom is 0.422 e. The number of aryl methyl sites for hydroxylation is 5. The molecule has 0 atom stereocenters. The molecule has 0 bridgehead atoms. The van der Waals surface area contributed by atoms with Crippen LogP contribution in [0.2, 0.25) is 0 Å². The van der Waals surface area contributed by atoms with Crippen molar-refractivity contribution in [3.8, 4) is 5.75 Å². The molecule has 0 aliphatic rings. The van der Waals surface area contributed by atoms with Gasteiger partial charge in [-0.15, -0.1) is 0 Å². The number of fused-ring (bicyclic) bond motifs is 1. The molecule has 0 spiro atoms. The number of aromatic nitrogens is 2. The Labute approximate surface area is 220 Å². The minimum atomic E-state index is -4.37. The molecule has 4 rings (SSSR count). The van der Waals surface area contributed by atoms with Gasteiger partial charge >= 0.3 is 6.18 Å². The van der Waals surface area contributed by atoms with Crippen LogP contribution in [0.25, 0.3) is 10.8 Å². The molecule has 0 aliphatic heterocycles. The Hall–Kier alpha value is -3.48. The number of nitrogens with zero attached hydrogens (tertiary/aromatic N) is 2. The molecule has 0 fully saturated rings. The zero-order valence-corrected chi connectivity index (χ0v) is 21.5. The lowest BCUT2D eigenvalue weighted by atomic mass is 9.98. The molecule has 3 nitrogen and oxygen atoms in total. The average Bonchev–Trinajstić information content (AvgIpc) is 2.91. The van der Waals surface area contributed by atoms with E-state index in [0.29, 0.717) is 23.8 Å². The highest BCUT2D eigenvalue weighted by Crippen LogP contribution is 2.25. The molecule has 7 heteroatoms. The first-order valence-corrected chi connectivity index (χ1v) is 13.1. The second-order valence-electron chi connectivity index (χ2n) is 9.61. The molecule has 0 unspecified atom stereocenters. The Morgan fingerprint density at radius 3 is 2.16 bits per heavy atom. The van der Waals surface area contributed by atoms with Gasteiger partial charge in [0.25, 0.3) is 0 Å². The number of benzene rings is 3. The molecular weight excluding hydrogens is 492 g/mol. The summed E-state index contributed by atoms with van der Waals surface area (Å²) >= 11 is 0. The molecule has 1 heterocycles. The lowest BCUT2D eigenvalue weighted by Gasteiger charge is -2.10. The predicted molar refractivity (Wildman–Crippen MR) is 142 cm³/mol. The van der Waals surface area contributed by atoms with Crippen molar-refractivity contribution in [2.24, 2.45) is 0 Å². The van der Waals surface area contributed by atoms with E-state index in [1.807, 2.05) is 42.7 Å². The highest BCUT2D eigenvalue weighted by molar-refractivity contribution is 5.84. The van der Waals surface area contributed by atoms with Gasteiger partial charge in [0, 0.05) is 24.2 Å². The van der Waals surface area contributed by atoms with Crippen molar-refractivity contribution in [1.82, 2.24) is 9.97 Å². The quantitative estimate of drug-likeness (QED) is 0.139. The second kappa shape index (κ2) is 12.9. The first kappa shape index (κ1) is 27.6. The Morgan fingerprint density at radius 1 is 0.737 bits per heavy atom. The van der Waals surface area contributed by atoms with E-state index in [2.05, 4.69) is 16.9 Å². The lowest BCUT2D eigenvalue weighted by molar-refractivity contribution is -0.153. The molecule has 0 radical (unpaired) electrons. The average molecular weight is 525 g/mol. The standard InChI is InChI=1S/C31H32F4N2O/c1-2-3-4-5-24-19-36-29(37-20-24)17-10-23-9-16-28-26(18-23)13-12-25(30(28)32)11-6-22-7-14-27(15-8-22)38-21-31(33,34)35/h7-9,12-16,18-20H,2-6,10-11,17,21H2,1H3. The SMILES string of the molecule is CCCCCc1cnc(CCc2ccc3c(F)c(CCc4ccc(OCC(F)(F)F)cc4)ccc3c2)nc1. The van der Waals surface area contributed by atoms with Crippen LogP contribution < -0.4 is 4.74 Å². The van der Waals surface area contributed by atoms with Crippen molar-refractivity contribution in [2.75, 3.05) is 6.61 Å². The van der Waals surface area contributed by atoms with Crippen LogP contribution >= 0.6 is 0 Å². The van der Waals surface area contributed by atoms with Gasteiger partial charge in [0.05, 0.1) is 0 Å². The predicted octanol–water partition coefficient (Wildman–Crippen LogP) is 8.01. The summed E-state index contributed by atoms with van der Waals surface area (Å²) in [6, 6.07) is 16.0. The van der Waals surface area contributed by atoms with E-state index < -0.39 is 12.8 Å². The second-order valence-corrected chi connectivity index (χ2v) is 9.61. The van der Waals surface area contributed by atoms with E-state index in [1.54, 1.807) is 12.1 Å². The summed E-state index contributed by atoms with van der Waals surface area (Å²) in [5.74, 6) is 0.733. The van der Waals surface area contributed by atoms with Gasteiger partial charge in [-0.25, -0.2) is 14.4 Å². The third-order valence-electron chi connectivity index (χ3n) is 6.57. The van der Waals surface area contributed by atoms with Gasteiger partial charge in [-0.1, -0.05) is 62.2 Å². The summed E-state index contributed by atoms with van der Waals surface area (Å²) in [6.07, 6.45) is 6.60. The summed E-state index contributed by atoms with van der Waals surface area (Å²) in [6.45, 7) is 0.866. The molecule has 0 aliphatic carbocycles. The molecule has 4 aromatic rings. The molecule has 0 N–H and O–H groups in total. The van der Waals surface area contributed by atoms with Crippen molar-refractivity contribution in [3.05, 3.63) is 101 Å². The van der Waals surface area contributed by atoms with Gasteiger partial charge in [0.1, 0.15) is 17.4 Å². The Bertz CT molecular complexity index is 1320. The van der Waals surface area contributed by atoms with Crippen LogP contribution in [0.15, 0.2) is 67.0 Å². The number of hydrogen-bond donors (Lipinski definition) is 0. The van der Waals surface area contributed by atoms with E-state index in [1.165, 1.54) is 30.5 Å².